The van der Waals surface area contributed by atoms with Crippen LogP contribution in [0.25, 0.3) is 0 Å². The summed E-state index contributed by atoms with van der Waals surface area (Å²) in [6.45, 7) is 3.75. The first-order valence-electron chi connectivity index (χ1n) is 5.46. The van der Waals surface area contributed by atoms with E-state index >= 15 is 0 Å². The molecule has 2 aromatic rings. The van der Waals surface area contributed by atoms with Crippen LogP contribution in [0, 0.1) is 6.92 Å². The normalized spacial score (nSPS) is 10.7. The van der Waals surface area contributed by atoms with Crippen molar-refractivity contribution in [3.05, 3.63) is 46.0 Å². The maximum Gasteiger partial charge on any atom is 0.213 e. The molecule has 0 spiro atoms. The van der Waals surface area contributed by atoms with E-state index in [1.165, 1.54) is 17.5 Å². The Morgan fingerprint density at radius 3 is 3.00 bits per heavy atom. The Hall–Kier alpha value is -1.20. The number of nitrogens with one attached hydrogen (secondary N) is 1. The van der Waals surface area contributed by atoms with Crippen LogP contribution in [0.2, 0.25) is 0 Å². The highest BCUT2D eigenvalue weighted by Crippen LogP contribution is 2.17. The van der Waals surface area contributed by atoms with Gasteiger partial charge in [0.2, 0.25) is 6.39 Å². The van der Waals surface area contributed by atoms with Crippen LogP contribution in [0.1, 0.15) is 17.0 Å². The molecule has 0 radical (unpaired) electrons. The molecule has 2 rings (SSSR count). The highest BCUT2D eigenvalue weighted by molar-refractivity contribution is 9.10. The van der Waals surface area contributed by atoms with E-state index in [0.29, 0.717) is 0 Å². The van der Waals surface area contributed by atoms with Crippen LogP contribution >= 0.6 is 15.9 Å². The van der Waals surface area contributed by atoms with Crippen molar-refractivity contribution in [2.24, 2.45) is 0 Å². The predicted octanol–water partition coefficient (Wildman–Crippen LogP) is 2.47. The van der Waals surface area contributed by atoms with E-state index in [1.807, 2.05) is 0 Å². The van der Waals surface area contributed by atoms with E-state index in [2.05, 4.69) is 61.0 Å². The Kier molecular flexibility index (Phi) is 4.28. The Bertz CT molecular complexity index is 471. The third-order valence-electron chi connectivity index (χ3n) is 2.46. The monoisotopic (exact) mass is 295 g/mol. The fraction of sp³-hybridized carbons (Fsp3) is 0.333. The van der Waals surface area contributed by atoms with Crippen LogP contribution < -0.4 is 5.32 Å². The van der Waals surface area contributed by atoms with Gasteiger partial charge in [-0.1, -0.05) is 33.2 Å². The Morgan fingerprint density at radius 2 is 2.29 bits per heavy atom. The standard InChI is InChI=1S/C12H14BrN3O/c1-9-2-3-10(11(13)6-9)7-14-5-4-12-15-8-17-16-12/h2-3,6,8,14H,4-5,7H2,1H3. The van der Waals surface area contributed by atoms with Crippen LogP contribution in [0.15, 0.2) is 33.6 Å². The molecule has 0 saturated carbocycles. The summed E-state index contributed by atoms with van der Waals surface area (Å²) in [5, 5.41) is 7.10. The quantitative estimate of drug-likeness (QED) is 0.861. The summed E-state index contributed by atoms with van der Waals surface area (Å²) in [4.78, 5) is 3.96. The molecule has 1 N–H and O–H groups in total. The van der Waals surface area contributed by atoms with Gasteiger partial charge >= 0.3 is 0 Å². The molecule has 17 heavy (non-hydrogen) atoms. The van der Waals surface area contributed by atoms with Gasteiger partial charge in [-0.2, -0.15) is 4.98 Å². The summed E-state index contributed by atoms with van der Waals surface area (Å²) < 4.78 is 5.81. The molecular weight excluding hydrogens is 282 g/mol. The lowest BCUT2D eigenvalue weighted by molar-refractivity contribution is 0.409. The zero-order valence-corrected chi connectivity index (χ0v) is 11.2. The molecule has 90 valence electrons. The first kappa shape index (κ1) is 12.3. The molecule has 0 amide bonds. The minimum atomic E-state index is 0.737. The zero-order valence-electron chi connectivity index (χ0n) is 9.61. The minimum Gasteiger partial charge on any atom is -0.343 e. The smallest absolute Gasteiger partial charge is 0.213 e. The molecule has 0 fully saturated rings. The Morgan fingerprint density at radius 1 is 1.41 bits per heavy atom. The molecule has 0 saturated heterocycles. The summed E-state index contributed by atoms with van der Waals surface area (Å²) in [5.41, 5.74) is 2.51. The molecule has 1 aromatic heterocycles. The first-order valence-corrected chi connectivity index (χ1v) is 6.26. The van der Waals surface area contributed by atoms with Gasteiger partial charge < -0.3 is 9.84 Å². The van der Waals surface area contributed by atoms with Crippen LogP contribution in [0.4, 0.5) is 0 Å². The lowest BCUT2D eigenvalue weighted by Gasteiger charge is -2.06. The molecule has 0 bridgehead atoms. The molecule has 0 atom stereocenters. The lowest BCUT2D eigenvalue weighted by Crippen LogP contribution is -2.17. The van der Waals surface area contributed by atoms with Gasteiger partial charge in [0.05, 0.1) is 0 Å². The van der Waals surface area contributed by atoms with E-state index in [0.717, 1.165) is 29.8 Å². The number of rotatable bonds is 5. The number of hydrogen-bond donors (Lipinski definition) is 1. The van der Waals surface area contributed by atoms with Crippen molar-refractivity contribution in [3.63, 3.8) is 0 Å². The van der Waals surface area contributed by atoms with Gasteiger partial charge in [-0.3, -0.25) is 0 Å². The highest BCUT2D eigenvalue weighted by Gasteiger charge is 2.01. The van der Waals surface area contributed by atoms with Gasteiger partial charge in [-0.15, -0.1) is 0 Å². The fourth-order valence-corrected chi connectivity index (χ4v) is 2.15. The third-order valence-corrected chi connectivity index (χ3v) is 3.19. The predicted molar refractivity (Wildman–Crippen MR) is 68.6 cm³/mol. The van der Waals surface area contributed by atoms with E-state index < -0.39 is 0 Å². The van der Waals surface area contributed by atoms with Crippen molar-refractivity contribution in [2.75, 3.05) is 6.54 Å². The topological polar surface area (TPSA) is 51.0 Å². The van der Waals surface area contributed by atoms with E-state index in [-0.39, 0.29) is 0 Å². The average Bonchev–Trinajstić information content (AvgIpc) is 2.79. The maximum absolute atomic E-state index is 4.67. The van der Waals surface area contributed by atoms with Crippen molar-refractivity contribution in [3.8, 4) is 0 Å². The lowest BCUT2D eigenvalue weighted by atomic mass is 10.1. The van der Waals surface area contributed by atoms with Crippen LogP contribution in [-0.4, -0.2) is 16.7 Å². The van der Waals surface area contributed by atoms with Crippen LogP contribution in [0.5, 0.6) is 0 Å². The second-order valence-corrected chi connectivity index (χ2v) is 4.72. The van der Waals surface area contributed by atoms with Crippen molar-refractivity contribution < 1.29 is 4.52 Å². The molecule has 1 aromatic carbocycles. The minimum absolute atomic E-state index is 0.737. The molecular formula is C12H14BrN3O. The molecule has 0 aliphatic heterocycles. The Balaban J connectivity index is 1.78. The maximum atomic E-state index is 4.67. The molecule has 5 heteroatoms. The van der Waals surface area contributed by atoms with Crippen molar-refractivity contribution in [1.29, 1.82) is 0 Å². The Labute approximate surface area is 109 Å². The van der Waals surface area contributed by atoms with Gasteiger partial charge in [0, 0.05) is 24.0 Å². The summed E-state index contributed by atoms with van der Waals surface area (Å²) >= 11 is 3.56. The molecule has 1 heterocycles. The van der Waals surface area contributed by atoms with Gasteiger partial charge in [-0.25, -0.2) is 0 Å². The van der Waals surface area contributed by atoms with E-state index in [9.17, 15) is 0 Å². The fourth-order valence-electron chi connectivity index (χ4n) is 1.52. The second kappa shape index (κ2) is 5.93. The van der Waals surface area contributed by atoms with E-state index in [1.54, 1.807) is 0 Å². The van der Waals surface area contributed by atoms with E-state index in [4.69, 9.17) is 0 Å². The summed E-state index contributed by atoms with van der Waals surface area (Å²) in [7, 11) is 0. The number of nitrogens with zero attached hydrogens (tertiary/aromatic N) is 2. The van der Waals surface area contributed by atoms with Crippen molar-refractivity contribution in [2.45, 2.75) is 19.9 Å². The van der Waals surface area contributed by atoms with Crippen LogP contribution in [0.3, 0.4) is 0 Å². The second-order valence-electron chi connectivity index (χ2n) is 3.87. The third kappa shape index (κ3) is 3.64. The SMILES string of the molecule is Cc1ccc(CNCCc2ncon2)c(Br)c1. The van der Waals surface area contributed by atoms with Gasteiger partial charge in [0.25, 0.3) is 0 Å². The number of hydrogen-bond acceptors (Lipinski definition) is 4. The van der Waals surface area contributed by atoms with Gasteiger partial charge in [0.15, 0.2) is 5.82 Å². The van der Waals surface area contributed by atoms with Crippen molar-refractivity contribution >= 4 is 15.9 Å². The summed E-state index contributed by atoms with van der Waals surface area (Å²) in [6, 6.07) is 6.36. The molecule has 0 unspecified atom stereocenters. The molecule has 0 aliphatic carbocycles. The number of aromatic nitrogens is 2. The number of benzene rings is 1. The number of aryl methyl sites for hydroxylation is 1. The molecule has 0 aliphatic rings. The van der Waals surface area contributed by atoms with Crippen LogP contribution in [-0.2, 0) is 13.0 Å². The highest BCUT2D eigenvalue weighted by atomic mass is 79.9. The number of halogens is 1. The largest absolute Gasteiger partial charge is 0.343 e. The first-order chi connectivity index (χ1) is 8.25. The van der Waals surface area contributed by atoms with Crippen molar-refractivity contribution in [1.82, 2.24) is 15.5 Å². The van der Waals surface area contributed by atoms with Gasteiger partial charge in [0.1, 0.15) is 0 Å². The van der Waals surface area contributed by atoms with Gasteiger partial charge in [-0.05, 0) is 24.1 Å². The average molecular weight is 296 g/mol. The molecule has 4 nitrogen and oxygen atoms in total. The summed E-state index contributed by atoms with van der Waals surface area (Å²) in [6.07, 6.45) is 2.13. The summed E-state index contributed by atoms with van der Waals surface area (Å²) in [5.74, 6) is 0.737. The zero-order chi connectivity index (χ0) is 12.1.